The third-order valence-electron chi connectivity index (χ3n) is 6.90. The summed E-state index contributed by atoms with van der Waals surface area (Å²) in [6, 6.07) is 23.3. The summed E-state index contributed by atoms with van der Waals surface area (Å²) in [5.41, 5.74) is 2.10. The lowest BCUT2D eigenvalue weighted by Crippen LogP contribution is -2.41. The number of hydrogen-bond acceptors (Lipinski definition) is 3. The summed E-state index contributed by atoms with van der Waals surface area (Å²) < 4.78 is 19.0. The van der Waals surface area contributed by atoms with Crippen LogP contribution < -0.4 is 5.46 Å². The van der Waals surface area contributed by atoms with Crippen LogP contribution in [0.5, 0.6) is 0 Å². The molecule has 0 spiro atoms. The first kappa shape index (κ1) is 18.0. The second kappa shape index (κ2) is 5.87. The van der Waals surface area contributed by atoms with Crippen LogP contribution in [0.2, 0.25) is 0 Å². The van der Waals surface area contributed by atoms with Crippen molar-refractivity contribution in [2.24, 2.45) is 0 Å². The van der Waals surface area contributed by atoms with Crippen LogP contribution in [0.4, 0.5) is 0 Å². The van der Waals surface area contributed by atoms with Crippen molar-refractivity contribution in [3.8, 4) is 0 Å². The van der Waals surface area contributed by atoms with Gasteiger partial charge in [-0.3, -0.25) is 0 Å². The first-order valence-electron chi connectivity index (χ1n) is 10.5. The fourth-order valence-electron chi connectivity index (χ4n) is 4.55. The molecular formula is C26H23BO3. The molecular weight excluding hydrogens is 371 g/mol. The maximum absolute atomic E-state index is 6.39. The Morgan fingerprint density at radius 2 is 1.20 bits per heavy atom. The second-order valence-electron chi connectivity index (χ2n) is 9.24. The number of rotatable bonds is 1. The molecule has 3 nitrogen and oxygen atoms in total. The van der Waals surface area contributed by atoms with Crippen LogP contribution in [0.15, 0.2) is 71.1 Å². The van der Waals surface area contributed by atoms with Crippen LogP contribution in [0.3, 0.4) is 0 Å². The lowest BCUT2D eigenvalue weighted by molar-refractivity contribution is 0.00578. The minimum absolute atomic E-state index is 0.367. The fraction of sp³-hybridized carbons (Fsp3) is 0.231. The molecule has 1 saturated heterocycles. The van der Waals surface area contributed by atoms with E-state index >= 15 is 0 Å². The van der Waals surface area contributed by atoms with Crippen molar-refractivity contribution in [1.82, 2.24) is 0 Å². The summed E-state index contributed by atoms with van der Waals surface area (Å²) in [5, 5.41) is 7.04. The maximum Gasteiger partial charge on any atom is 0.494 e. The summed E-state index contributed by atoms with van der Waals surface area (Å²) in [6.45, 7) is 8.33. The van der Waals surface area contributed by atoms with E-state index in [1.807, 2.05) is 6.07 Å². The highest BCUT2D eigenvalue weighted by Crippen LogP contribution is 2.41. The van der Waals surface area contributed by atoms with Crippen LogP contribution in [0.25, 0.3) is 43.5 Å². The zero-order valence-electron chi connectivity index (χ0n) is 17.7. The zero-order valence-corrected chi connectivity index (χ0v) is 17.7. The number of hydrogen-bond donors (Lipinski definition) is 0. The van der Waals surface area contributed by atoms with Crippen molar-refractivity contribution in [3.63, 3.8) is 0 Å². The first-order valence-corrected chi connectivity index (χ1v) is 10.5. The molecule has 6 rings (SSSR count). The van der Waals surface area contributed by atoms with E-state index in [-0.39, 0.29) is 11.2 Å². The minimum atomic E-state index is -0.393. The predicted molar refractivity (Wildman–Crippen MR) is 124 cm³/mol. The van der Waals surface area contributed by atoms with E-state index in [2.05, 4.69) is 88.4 Å². The van der Waals surface area contributed by atoms with Crippen LogP contribution in [-0.2, 0) is 9.31 Å². The zero-order chi connectivity index (χ0) is 20.7. The predicted octanol–water partition coefficient (Wildman–Crippen LogP) is 6.19. The van der Waals surface area contributed by atoms with Crippen molar-refractivity contribution >= 4 is 56.1 Å². The highest BCUT2D eigenvalue weighted by molar-refractivity contribution is 6.62. The van der Waals surface area contributed by atoms with Crippen molar-refractivity contribution in [3.05, 3.63) is 66.7 Å². The molecule has 0 amide bonds. The average Bonchev–Trinajstić information content (AvgIpc) is 3.22. The third kappa shape index (κ3) is 2.35. The van der Waals surface area contributed by atoms with Gasteiger partial charge in [0.1, 0.15) is 11.2 Å². The molecule has 0 atom stereocenters. The molecule has 0 radical (unpaired) electrons. The van der Waals surface area contributed by atoms with Crippen molar-refractivity contribution < 1.29 is 13.7 Å². The van der Waals surface area contributed by atoms with Gasteiger partial charge in [-0.15, -0.1) is 0 Å². The van der Waals surface area contributed by atoms with Gasteiger partial charge in [0.05, 0.1) is 11.2 Å². The monoisotopic (exact) mass is 394 g/mol. The summed E-state index contributed by atoms with van der Waals surface area (Å²) >= 11 is 0. The minimum Gasteiger partial charge on any atom is -0.455 e. The van der Waals surface area contributed by atoms with E-state index in [4.69, 9.17) is 13.7 Å². The maximum atomic E-state index is 6.39. The Bertz CT molecular complexity index is 1450. The van der Waals surface area contributed by atoms with Gasteiger partial charge < -0.3 is 13.7 Å². The molecule has 0 saturated carbocycles. The number of furan rings is 1. The smallest absolute Gasteiger partial charge is 0.455 e. The van der Waals surface area contributed by atoms with Gasteiger partial charge >= 0.3 is 7.12 Å². The first-order chi connectivity index (χ1) is 14.4. The van der Waals surface area contributed by atoms with E-state index < -0.39 is 7.12 Å². The van der Waals surface area contributed by atoms with Gasteiger partial charge in [0.25, 0.3) is 0 Å². The molecule has 30 heavy (non-hydrogen) atoms. The van der Waals surface area contributed by atoms with Gasteiger partial charge in [-0.25, -0.2) is 0 Å². The molecule has 148 valence electrons. The standard InChI is InChI=1S/C26H23BO3/c1-25(2)26(3,4)30-27(29-25)16-13-14-22-21(15-16)23-19-11-7-5-9-17(19)18-10-6-8-12-20(18)24(23)28-22/h5-15H,1-4H3. The molecule has 0 aliphatic carbocycles. The van der Waals surface area contributed by atoms with E-state index in [0.717, 1.165) is 32.8 Å². The quantitative estimate of drug-likeness (QED) is 0.251. The van der Waals surface area contributed by atoms with Gasteiger partial charge in [-0.05, 0) is 55.4 Å². The van der Waals surface area contributed by atoms with Gasteiger partial charge in [0.15, 0.2) is 0 Å². The van der Waals surface area contributed by atoms with E-state index in [1.54, 1.807) is 0 Å². The second-order valence-corrected chi connectivity index (χ2v) is 9.24. The van der Waals surface area contributed by atoms with E-state index in [0.29, 0.717) is 0 Å². The van der Waals surface area contributed by atoms with Crippen LogP contribution >= 0.6 is 0 Å². The summed E-state index contributed by atoms with van der Waals surface area (Å²) in [7, 11) is -0.393. The Kier molecular flexibility index (Phi) is 3.52. The molecule has 4 aromatic carbocycles. The lowest BCUT2D eigenvalue weighted by atomic mass is 9.78. The van der Waals surface area contributed by atoms with Crippen LogP contribution in [-0.4, -0.2) is 18.3 Å². The van der Waals surface area contributed by atoms with Gasteiger partial charge in [0.2, 0.25) is 0 Å². The van der Waals surface area contributed by atoms with Crippen molar-refractivity contribution in [2.45, 2.75) is 38.9 Å². The Morgan fingerprint density at radius 1 is 0.633 bits per heavy atom. The van der Waals surface area contributed by atoms with Gasteiger partial charge in [0, 0.05) is 16.2 Å². The van der Waals surface area contributed by atoms with Gasteiger partial charge in [-0.1, -0.05) is 60.7 Å². The molecule has 0 N–H and O–H groups in total. The Labute approximate surface area is 175 Å². The van der Waals surface area contributed by atoms with Crippen molar-refractivity contribution in [2.75, 3.05) is 0 Å². The number of benzene rings is 4. The van der Waals surface area contributed by atoms with Crippen molar-refractivity contribution in [1.29, 1.82) is 0 Å². The summed E-state index contributed by atoms with van der Waals surface area (Å²) in [6.07, 6.45) is 0. The fourth-order valence-corrected chi connectivity index (χ4v) is 4.55. The highest BCUT2D eigenvalue weighted by atomic mass is 16.7. The SMILES string of the molecule is CC1(C)OB(c2ccc3oc4c5ccccc5c5ccccc5c4c3c2)OC1(C)C. The molecule has 4 heteroatoms. The molecule has 1 aromatic heterocycles. The van der Waals surface area contributed by atoms with Crippen LogP contribution in [0, 0.1) is 0 Å². The summed E-state index contributed by atoms with van der Waals surface area (Å²) in [5.74, 6) is 0. The molecule has 5 aromatic rings. The molecule has 1 fully saturated rings. The highest BCUT2D eigenvalue weighted by Gasteiger charge is 2.51. The molecule has 1 aliphatic rings. The lowest BCUT2D eigenvalue weighted by Gasteiger charge is -2.32. The molecule has 0 unspecified atom stereocenters. The van der Waals surface area contributed by atoms with E-state index in [1.165, 1.54) is 16.2 Å². The number of fused-ring (bicyclic) bond motifs is 8. The topological polar surface area (TPSA) is 31.6 Å². The molecule has 2 heterocycles. The Morgan fingerprint density at radius 3 is 1.87 bits per heavy atom. The van der Waals surface area contributed by atoms with E-state index in [9.17, 15) is 0 Å². The molecule has 0 bridgehead atoms. The average molecular weight is 394 g/mol. The van der Waals surface area contributed by atoms with Gasteiger partial charge in [-0.2, -0.15) is 0 Å². The largest absolute Gasteiger partial charge is 0.494 e. The third-order valence-corrected chi connectivity index (χ3v) is 6.90. The Hall–Kier alpha value is -2.82. The normalized spacial score (nSPS) is 18.2. The Balaban J connectivity index is 1.66. The summed E-state index contributed by atoms with van der Waals surface area (Å²) in [4.78, 5) is 0. The molecule has 1 aliphatic heterocycles. The van der Waals surface area contributed by atoms with Crippen LogP contribution in [0.1, 0.15) is 27.7 Å².